The molecule has 150 valence electrons. The minimum absolute atomic E-state index is 0.0710. The number of hydrogen-bond donors (Lipinski definition) is 1. The van der Waals surface area contributed by atoms with Crippen LogP contribution in [0.4, 0.5) is 5.00 Å². The van der Waals surface area contributed by atoms with E-state index in [1.807, 2.05) is 18.2 Å². The molecule has 0 saturated heterocycles. The summed E-state index contributed by atoms with van der Waals surface area (Å²) in [5.41, 5.74) is 10.8. The van der Waals surface area contributed by atoms with Crippen molar-refractivity contribution in [2.24, 2.45) is 0 Å². The maximum atomic E-state index is 13.4. The highest BCUT2D eigenvalue weighted by Gasteiger charge is 2.24. The highest BCUT2D eigenvalue weighted by molar-refractivity contribution is 7.98. The monoisotopic (exact) mass is 449 g/mol. The van der Waals surface area contributed by atoms with Gasteiger partial charge in [-0.1, -0.05) is 54.1 Å². The van der Waals surface area contributed by atoms with Gasteiger partial charge in [-0.25, -0.2) is 0 Å². The number of thiophene rings is 1. The fourth-order valence-corrected chi connectivity index (χ4v) is 5.04. The third kappa shape index (κ3) is 4.31. The van der Waals surface area contributed by atoms with Crippen molar-refractivity contribution in [2.75, 3.05) is 12.0 Å². The minimum atomic E-state index is -0.0710. The smallest absolute Gasteiger partial charge is 0.196 e. The van der Waals surface area contributed by atoms with Gasteiger partial charge < -0.3 is 5.73 Å². The second kappa shape index (κ2) is 9.09. The molecule has 3 aromatic carbocycles. The normalized spacial score (nSPS) is 10.9. The summed E-state index contributed by atoms with van der Waals surface area (Å²) >= 11 is 9.19. The van der Waals surface area contributed by atoms with Gasteiger partial charge in [0, 0.05) is 20.4 Å². The van der Waals surface area contributed by atoms with Crippen LogP contribution >= 0.6 is 34.7 Å². The van der Waals surface area contributed by atoms with Crippen molar-refractivity contribution in [2.45, 2.75) is 11.3 Å². The van der Waals surface area contributed by atoms with Crippen LogP contribution in [0.15, 0.2) is 83.8 Å². The Balaban J connectivity index is 1.83. The number of nitrogen functional groups attached to an aromatic ring is 1. The quantitative estimate of drug-likeness (QED) is 0.250. The third-order valence-electron chi connectivity index (χ3n) is 4.94. The molecular formula is C25H20ClNOS2. The summed E-state index contributed by atoms with van der Waals surface area (Å²) in [5, 5.41) is 1.15. The summed E-state index contributed by atoms with van der Waals surface area (Å²) in [4.78, 5) is 15.7. The lowest BCUT2D eigenvalue weighted by Crippen LogP contribution is -2.07. The highest BCUT2D eigenvalue weighted by Crippen LogP contribution is 2.41. The van der Waals surface area contributed by atoms with Gasteiger partial charge in [-0.15, -0.1) is 23.1 Å². The molecule has 0 amide bonds. The van der Waals surface area contributed by atoms with Gasteiger partial charge in [-0.2, -0.15) is 0 Å². The molecule has 0 unspecified atom stereocenters. The Morgan fingerprint density at radius 2 is 1.63 bits per heavy atom. The SMILES string of the molecule is CSc1ccc(Cc2c(-c3ccccc3)sc(N)c2C(=O)c2ccc(Cl)cc2)cc1. The predicted molar refractivity (Wildman–Crippen MR) is 130 cm³/mol. The molecule has 4 rings (SSSR count). The first kappa shape index (κ1) is 20.7. The fraction of sp³-hybridized carbons (Fsp3) is 0.0800. The molecule has 2 nitrogen and oxygen atoms in total. The summed E-state index contributed by atoms with van der Waals surface area (Å²) in [6, 6.07) is 25.5. The van der Waals surface area contributed by atoms with E-state index in [-0.39, 0.29) is 5.78 Å². The van der Waals surface area contributed by atoms with Crippen LogP contribution in [0, 0.1) is 0 Å². The lowest BCUT2D eigenvalue weighted by molar-refractivity contribution is 0.103. The van der Waals surface area contributed by atoms with E-state index in [1.165, 1.54) is 16.2 Å². The number of halogens is 1. The van der Waals surface area contributed by atoms with E-state index in [0.29, 0.717) is 27.6 Å². The molecule has 0 saturated carbocycles. The van der Waals surface area contributed by atoms with Crippen LogP contribution < -0.4 is 5.73 Å². The summed E-state index contributed by atoms with van der Waals surface area (Å²) < 4.78 is 0. The average Bonchev–Trinajstić information content (AvgIpc) is 3.10. The third-order valence-corrected chi connectivity index (χ3v) is 7.05. The van der Waals surface area contributed by atoms with Gasteiger partial charge in [0.1, 0.15) is 0 Å². The first-order chi connectivity index (χ1) is 14.6. The van der Waals surface area contributed by atoms with E-state index in [1.54, 1.807) is 36.0 Å². The van der Waals surface area contributed by atoms with Gasteiger partial charge in [-0.05, 0) is 65.8 Å². The number of carbonyl (C=O) groups excluding carboxylic acids is 1. The first-order valence-electron chi connectivity index (χ1n) is 9.46. The number of thioether (sulfide) groups is 1. The summed E-state index contributed by atoms with van der Waals surface area (Å²) in [7, 11) is 0. The average molecular weight is 450 g/mol. The molecule has 0 fully saturated rings. The minimum Gasteiger partial charge on any atom is -0.390 e. The van der Waals surface area contributed by atoms with E-state index in [0.717, 1.165) is 21.6 Å². The van der Waals surface area contributed by atoms with Crippen LogP contribution in [0.1, 0.15) is 27.0 Å². The molecule has 0 spiro atoms. The number of rotatable bonds is 6. The van der Waals surface area contributed by atoms with Crippen molar-refractivity contribution < 1.29 is 4.79 Å². The molecule has 0 atom stereocenters. The van der Waals surface area contributed by atoms with Crippen LogP contribution in [-0.4, -0.2) is 12.0 Å². The maximum absolute atomic E-state index is 13.4. The largest absolute Gasteiger partial charge is 0.390 e. The van der Waals surface area contributed by atoms with Crippen molar-refractivity contribution in [3.63, 3.8) is 0 Å². The Morgan fingerprint density at radius 1 is 0.967 bits per heavy atom. The van der Waals surface area contributed by atoms with Crippen LogP contribution in [0.25, 0.3) is 10.4 Å². The van der Waals surface area contributed by atoms with Crippen LogP contribution in [0.3, 0.4) is 0 Å². The van der Waals surface area contributed by atoms with Crippen molar-refractivity contribution in [1.29, 1.82) is 0 Å². The van der Waals surface area contributed by atoms with Crippen LogP contribution in [0.5, 0.6) is 0 Å². The van der Waals surface area contributed by atoms with E-state index in [2.05, 4.69) is 42.7 Å². The van der Waals surface area contributed by atoms with Crippen LogP contribution in [-0.2, 0) is 6.42 Å². The lowest BCUT2D eigenvalue weighted by Gasteiger charge is -2.09. The van der Waals surface area contributed by atoms with Crippen molar-refractivity contribution in [3.8, 4) is 10.4 Å². The summed E-state index contributed by atoms with van der Waals surface area (Å²) in [6.45, 7) is 0. The molecule has 0 bridgehead atoms. The number of benzene rings is 3. The van der Waals surface area contributed by atoms with Crippen molar-refractivity contribution in [1.82, 2.24) is 0 Å². The molecule has 30 heavy (non-hydrogen) atoms. The second-order valence-electron chi connectivity index (χ2n) is 6.88. The number of hydrogen-bond acceptors (Lipinski definition) is 4. The van der Waals surface area contributed by atoms with E-state index >= 15 is 0 Å². The number of anilines is 1. The summed E-state index contributed by atoms with van der Waals surface area (Å²) in [5.74, 6) is -0.0710. The predicted octanol–water partition coefficient (Wildman–Crippen LogP) is 7.19. The van der Waals surface area contributed by atoms with E-state index < -0.39 is 0 Å². The van der Waals surface area contributed by atoms with Crippen molar-refractivity contribution >= 4 is 45.5 Å². The van der Waals surface area contributed by atoms with Gasteiger partial charge in [0.05, 0.1) is 10.6 Å². The molecule has 0 radical (unpaired) electrons. The molecule has 5 heteroatoms. The van der Waals surface area contributed by atoms with Gasteiger partial charge in [0.25, 0.3) is 0 Å². The van der Waals surface area contributed by atoms with Crippen LogP contribution in [0.2, 0.25) is 5.02 Å². The van der Waals surface area contributed by atoms with E-state index in [4.69, 9.17) is 17.3 Å². The Kier molecular flexibility index (Phi) is 6.28. The zero-order valence-corrected chi connectivity index (χ0v) is 18.8. The zero-order chi connectivity index (χ0) is 21.1. The Morgan fingerprint density at radius 3 is 2.27 bits per heavy atom. The number of carbonyl (C=O) groups is 1. The Bertz CT molecular complexity index is 1170. The van der Waals surface area contributed by atoms with Gasteiger partial charge in [0.2, 0.25) is 0 Å². The Hall–Kier alpha value is -2.53. The molecule has 4 aromatic rings. The topological polar surface area (TPSA) is 43.1 Å². The maximum Gasteiger partial charge on any atom is 0.196 e. The first-order valence-corrected chi connectivity index (χ1v) is 11.9. The highest BCUT2D eigenvalue weighted by atomic mass is 35.5. The molecule has 0 aliphatic heterocycles. The van der Waals surface area contributed by atoms with Gasteiger partial charge in [-0.3, -0.25) is 4.79 Å². The van der Waals surface area contributed by atoms with Crippen molar-refractivity contribution in [3.05, 3.63) is 106 Å². The molecule has 1 heterocycles. The molecule has 1 aromatic heterocycles. The summed E-state index contributed by atoms with van der Waals surface area (Å²) in [6.07, 6.45) is 2.70. The zero-order valence-electron chi connectivity index (χ0n) is 16.4. The molecule has 2 N–H and O–H groups in total. The van der Waals surface area contributed by atoms with Gasteiger partial charge in [0.15, 0.2) is 5.78 Å². The number of ketones is 1. The van der Waals surface area contributed by atoms with E-state index in [9.17, 15) is 4.79 Å². The number of nitrogens with two attached hydrogens (primary N) is 1. The molecule has 0 aliphatic rings. The molecular weight excluding hydrogens is 430 g/mol. The second-order valence-corrected chi connectivity index (χ2v) is 9.24. The fourth-order valence-electron chi connectivity index (χ4n) is 3.42. The standard InChI is InChI=1S/C25H20ClNOS2/c1-29-20-13-7-16(8-14-20)15-21-22(23(28)17-9-11-19(26)12-10-17)25(27)30-24(21)18-5-3-2-4-6-18/h2-14H,15,27H2,1H3. The lowest BCUT2D eigenvalue weighted by atomic mass is 9.94. The molecule has 0 aliphatic carbocycles. The van der Waals surface area contributed by atoms with Gasteiger partial charge >= 0.3 is 0 Å². The Labute approximate surface area is 189 Å².